The molecule has 1 aliphatic rings. The summed E-state index contributed by atoms with van der Waals surface area (Å²) in [5.74, 6) is -1.26. The number of ether oxygens (including phenoxy) is 4. The Labute approximate surface area is 194 Å². The van der Waals surface area contributed by atoms with E-state index < -0.39 is 5.79 Å². The van der Waals surface area contributed by atoms with Gasteiger partial charge in [-0.25, -0.2) is 0 Å². The van der Waals surface area contributed by atoms with Gasteiger partial charge in [-0.15, -0.1) is 10.5 Å². The monoisotopic (exact) mass is 450 g/mol. The first-order chi connectivity index (χ1) is 16.5. The number of carbonyl (C=O) groups excluding carboxylic acids is 1. The fourth-order valence-corrected chi connectivity index (χ4v) is 3.15. The SMILES string of the molecule is N#COc1ccc(C=C(C(=O)c2ccc(OC#N)cc2)C2=CCC(OC#N)(OC#N)C=C2)cc1. The summed E-state index contributed by atoms with van der Waals surface area (Å²) in [5.41, 5.74) is 1.82. The molecule has 9 heteroatoms. The summed E-state index contributed by atoms with van der Waals surface area (Å²) in [5, 5.41) is 35.1. The average molecular weight is 450 g/mol. The number of rotatable bonds is 8. The van der Waals surface area contributed by atoms with Crippen molar-refractivity contribution in [2.24, 2.45) is 0 Å². The van der Waals surface area contributed by atoms with Crippen molar-refractivity contribution < 1.29 is 23.7 Å². The van der Waals surface area contributed by atoms with Crippen molar-refractivity contribution in [1.82, 2.24) is 0 Å². The van der Waals surface area contributed by atoms with Crippen LogP contribution in [0.3, 0.4) is 0 Å². The Hall–Kier alpha value is -5.51. The van der Waals surface area contributed by atoms with Gasteiger partial charge >= 0.3 is 0 Å². The van der Waals surface area contributed by atoms with Crippen LogP contribution in [0.1, 0.15) is 22.3 Å². The highest BCUT2D eigenvalue weighted by atomic mass is 16.7. The predicted octanol–water partition coefficient (Wildman–Crippen LogP) is 4.25. The van der Waals surface area contributed by atoms with Crippen LogP contribution >= 0.6 is 0 Å². The molecule has 0 fully saturated rings. The summed E-state index contributed by atoms with van der Waals surface area (Å²) in [6.45, 7) is 0. The molecule has 0 unspecified atom stereocenters. The van der Waals surface area contributed by atoms with Crippen LogP contribution in [0.2, 0.25) is 0 Å². The lowest BCUT2D eigenvalue weighted by Gasteiger charge is -2.26. The van der Waals surface area contributed by atoms with E-state index in [1.54, 1.807) is 48.9 Å². The van der Waals surface area contributed by atoms with E-state index in [0.717, 1.165) is 0 Å². The molecule has 0 aromatic heterocycles. The van der Waals surface area contributed by atoms with Crippen LogP contribution in [0.5, 0.6) is 11.5 Å². The average Bonchev–Trinajstić information content (AvgIpc) is 2.85. The second-order valence-corrected chi connectivity index (χ2v) is 6.76. The Balaban J connectivity index is 2.00. The maximum Gasteiger partial charge on any atom is 0.298 e. The van der Waals surface area contributed by atoms with E-state index >= 15 is 0 Å². The summed E-state index contributed by atoms with van der Waals surface area (Å²) in [4.78, 5) is 13.4. The van der Waals surface area contributed by atoms with Gasteiger partial charge in [0.2, 0.25) is 0 Å². The normalized spacial score (nSPS) is 13.6. The molecule has 164 valence electrons. The molecule has 0 radical (unpaired) electrons. The molecule has 0 aliphatic heterocycles. The largest absolute Gasteiger partial charge is 0.388 e. The zero-order chi connectivity index (χ0) is 24.4. The zero-order valence-corrected chi connectivity index (χ0v) is 17.5. The fourth-order valence-electron chi connectivity index (χ4n) is 3.15. The van der Waals surface area contributed by atoms with Gasteiger partial charge in [-0.1, -0.05) is 24.3 Å². The van der Waals surface area contributed by atoms with E-state index in [4.69, 9.17) is 40.0 Å². The van der Waals surface area contributed by atoms with Gasteiger partial charge in [0.1, 0.15) is 11.5 Å². The van der Waals surface area contributed by atoms with Gasteiger partial charge in [0, 0.05) is 23.6 Å². The molecule has 0 N–H and O–H groups in total. The highest BCUT2D eigenvalue weighted by Gasteiger charge is 2.34. The Morgan fingerprint density at radius 3 is 1.85 bits per heavy atom. The van der Waals surface area contributed by atoms with Crippen molar-refractivity contribution >= 4 is 11.9 Å². The van der Waals surface area contributed by atoms with Gasteiger partial charge in [-0.2, -0.15) is 10.5 Å². The van der Waals surface area contributed by atoms with Crippen molar-refractivity contribution in [2.45, 2.75) is 12.2 Å². The van der Waals surface area contributed by atoms with E-state index in [0.29, 0.717) is 33.8 Å². The highest BCUT2D eigenvalue weighted by Crippen LogP contribution is 2.31. The molecule has 3 rings (SSSR count). The van der Waals surface area contributed by atoms with Crippen molar-refractivity contribution in [3.8, 4) is 36.5 Å². The topological polar surface area (TPSA) is 149 Å². The summed E-state index contributed by atoms with van der Waals surface area (Å²) in [6.07, 6.45) is 12.4. The number of ketones is 1. The number of hydrogen-bond acceptors (Lipinski definition) is 9. The van der Waals surface area contributed by atoms with Crippen LogP contribution in [-0.4, -0.2) is 11.6 Å². The predicted molar refractivity (Wildman–Crippen MR) is 116 cm³/mol. The molecule has 0 spiro atoms. The lowest BCUT2D eigenvalue weighted by atomic mass is 9.90. The summed E-state index contributed by atoms with van der Waals surface area (Å²) < 4.78 is 19.4. The second-order valence-electron chi connectivity index (χ2n) is 6.76. The summed E-state index contributed by atoms with van der Waals surface area (Å²) >= 11 is 0. The van der Waals surface area contributed by atoms with Gasteiger partial charge < -0.3 is 18.9 Å². The maximum atomic E-state index is 13.4. The summed E-state index contributed by atoms with van der Waals surface area (Å²) in [6, 6.07) is 12.6. The van der Waals surface area contributed by atoms with Gasteiger partial charge in [0.05, 0.1) is 0 Å². The third-order valence-electron chi connectivity index (χ3n) is 4.75. The minimum atomic E-state index is -1.58. The van der Waals surface area contributed by atoms with Crippen molar-refractivity contribution in [3.63, 3.8) is 0 Å². The molecule has 2 aromatic rings. The van der Waals surface area contributed by atoms with Crippen molar-refractivity contribution in [1.29, 1.82) is 21.0 Å². The highest BCUT2D eigenvalue weighted by molar-refractivity contribution is 6.14. The van der Waals surface area contributed by atoms with Gasteiger partial charge in [0.25, 0.3) is 30.8 Å². The molecule has 1 aliphatic carbocycles. The molecule has 0 saturated carbocycles. The van der Waals surface area contributed by atoms with E-state index in [1.165, 1.54) is 48.9 Å². The van der Waals surface area contributed by atoms with Crippen molar-refractivity contribution in [3.05, 3.63) is 89.0 Å². The second kappa shape index (κ2) is 10.7. The number of nitrogens with zero attached hydrogens (tertiary/aromatic N) is 4. The third-order valence-corrected chi connectivity index (χ3v) is 4.75. The Bertz CT molecular complexity index is 1310. The standard InChI is InChI=1S/C25H14N4O5/c26-14-31-21-5-1-18(2-6-21)13-23(24(30)20-3-7-22(8-4-20)32-15-27)19-9-11-25(12-10-19,33-16-28)34-17-29/h1-11,13H,12H2. The molecule has 2 aromatic carbocycles. The van der Waals surface area contributed by atoms with E-state index in [2.05, 4.69) is 0 Å². The molecular weight excluding hydrogens is 436 g/mol. The number of Topliss-reactive ketones (excluding diaryl/α,β-unsaturated/α-hetero) is 1. The van der Waals surface area contributed by atoms with Crippen LogP contribution in [0.15, 0.2) is 77.9 Å². The number of nitriles is 4. The van der Waals surface area contributed by atoms with Crippen LogP contribution in [0.4, 0.5) is 0 Å². The van der Waals surface area contributed by atoms with E-state index in [1.807, 2.05) is 0 Å². The zero-order valence-electron chi connectivity index (χ0n) is 17.5. The number of allylic oxidation sites excluding steroid dienone is 3. The van der Waals surface area contributed by atoms with E-state index in [9.17, 15) is 4.79 Å². The first-order valence-corrected chi connectivity index (χ1v) is 9.66. The quantitative estimate of drug-likeness (QED) is 0.249. The molecule has 0 atom stereocenters. The smallest absolute Gasteiger partial charge is 0.298 e. The van der Waals surface area contributed by atoms with Gasteiger partial charge in [0.15, 0.2) is 5.78 Å². The third kappa shape index (κ3) is 5.39. The lowest BCUT2D eigenvalue weighted by molar-refractivity contribution is -0.115. The Morgan fingerprint density at radius 1 is 0.824 bits per heavy atom. The maximum absolute atomic E-state index is 13.4. The first-order valence-electron chi connectivity index (χ1n) is 9.66. The molecular formula is C25H14N4O5. The van der Waals surface area contributed by atoms with Crippen LogP contribution in [0, 0.1) is 46.1 Å². The Morgan fingerprint density at radius 2 is 1.38 bits per heavy atom. The molecule has 0 bridgehead atoms. The lowest BCUT2D eigenvalue weighted by Crippen LogP contribution is -2.31. The summed E-state index contributed by atoms with van der Waals surface area (Å²) in [7, 11) is 0. The minimum absolute atomic E-state index is 0.00840. The molecule has 34 heavy (non-hydrogen) atoms. The number of carbonyl (C=O) groups is 1. The van der Waals surface area contributed by atoms with Gasteiger partial charge in [-0.05, 0) is 53.6 Å². The van der Waals surface area contributed by atoms with Crippen LogP contribution in [0.25, 0.3) is 6.08 Å². The van der Waals surface area contributed by atoms with Crippen LogP contribution < -0.4 is 9.47 Å². The minimum Gasteiger partial charge on any atom is -0.388 e. The molecule has 0 saturated heterocycles. The Kier molecular flexibility index (Phi) is 7.28. The van der Waals surface area contributed by atoms with E-state index in [-0.39, 0.29) is 12.2 Å². The number of hydrogen-bond donors (Lipinski definition) is 0. The molecule has 9 nitrogen and oxygen atoms in total. The number of benzene rings is 2. The van der Waals surface area contributed by atoms with Gasteiger partial charge in [-0.3, -0.25) is 4.79 Å². The van der Waals surface area contributed by atoms with Crippen molar-refractivity contribution in [2.75, 3.05) is 0 Å². The fraction of sp³-hybridized carbons (Fsp3) is 0.0800. The first kappa shape index (κ1) is 23.2. The molecule has 0 amide bonds. The molecule has 0 heterocycles. The van der Waals surface area contributed by atoms with Crippen LogP contribution in [-0.2, 0) is 9.47 Å².